The minimum atomic E-state index is -4.96. The predicted molar refractivity (Wildman–Crippen MR) is 122 cm³/mol. The molecule has 1 amide bonds. The fourth-order valence-electron chi connectivity index (χ4n) is 4.60. The van der Waals surface area contributed by atoms with E-state index in [0.29, 0.717) is 23.1 Å². The van der Waals surface area contributed by atoms with Crippen molar-refractivity contribution in [3.8, 4) is 0 Å². The molecule has 2 aliphatic rings. The van der Waals surface area contributed by atoms with Gasteiger partial charge in [0.25, 0.3) is 6.41 Å². The zero-order chi connectivity index (χ0) is 26.7. The van der Waals surface area contributed by atoms with Crippen molar-refractivity contribution in [1.82, 2.24) is 8.61 Å². The van der Waals surface area contributed by atoms with Crippen molar-refractivity contribution in [3.63, 3.8) is 0 Å². The summed E-state index contributed by atoms with van der Waals surface area (Å²) < 4.78 is 104. The second-order valence-electron chi connectivity index (χ2n) is 8.90. The minimum Gasteiger partial charge on any atom is -0.627 e. The van der Waals surface area contributed by atoms with Crippen LogP contribution in [0.25, 0.3) is 0 Å². The second kappa shape index (κ2) is 11.3. The maximum Gasteiger partial charge on any atom is 0.404 e. The summed E-state index contributed by atoms with van der Waals surface area (Å²) in [6, 6.07) is 4.33. The molecule has 0 saturated carbocycles. The fraction of sp³-hybridized carbons (Fsp3) is 0.650. The number of carbonyl (C=O) groups excluding carboxylic acids is 1. The number of halogens is 4. The maximum atomic E-state index is 13.2. The van der Waals surface area contributed by atoms with E-state index in [9.17, 15) is 44.4 Å². The van der Waals surface area contributed by atoms with E-state index < -0.39 is 67.1 Å². The monoisotopic (exact) mass is 560 g/mol. The highest BCUT2D eigenvalue weighted by atomic mass is 32.2. The number of piperazine rings is 1. The summed E-state index contributed by atoms with van der Waals surface area (Å²) in [6.07, 6.45) is -4.67. The van der Waals surface area contributed by atoms with Gasteiger partial charge >= 0.3 is 6.18 Å². The van der Waals surface area contributed by atoms with E-state index in [4.69, 9.17) is 0 Å². The van der Waals surface area contributed by atoms with Gasteiger partial charge in [0.15, 0.2) is 5.75 Å². The Morgan fingerprint density at radius 2 is 1.61 bits per heavy atom. The first-order chi connectivity index (χ1) is 16.7. The molecule has 0 aromatic heterocycles. The Morgan fingerprint density at radius 1 is 1.00 bits per heavy atom. The van der Waals surface area contributed by atoms with Crippen LogP contribution in [0.5, 0.6) is 0 Å². The van der Waals surface area contributed by atoms with Crippen LogP contribution in [0.3, 0.4) is 0 Å². The van der Waals surface area contributed by atoms with Gasteiger partial charge in [0.1, 0.15) is 17.6 Å². The van der Waals surface area contributed by atoms with E-state index in [0.717, 1.165) is 0 Å². The lowest BCUT2D eigenvalue weighted by Crippen LogP contribution is -3.12. The van der Waals surface area contributed by atoms with Gasteiger partial charge in [-0.15, -0.1) is 0 Å². The number of anilines is 1. The van der Waals surface area contributed by atoms with Crippen LogP contribution in [0.15, 0.2) is 24.3 Å². The van der Waals surface area contributed by atoms with Crippen LogP contribution in [-0.4, -0.2) is 94.8 Å². The third-order valence-electron chi connectivity index (χ3n) is 6.42. The molecule has 3 atom stereocenters. The highest BCUT2D eigenvalue weighted by molar-refractivity contribution is 7.89. The Morgan fingerprint density at radius 3 is 2.17 bits per heavy atom. The second-order valence-corrected chi connectivity index (χ2v) is 12.9. The molecule has 2 saturated heterocycles. The molecule has 204 valence electrons. The molecule has 2 heterocycles. The van der Waals surface area contributed by atoms with Crippen molar-refractivity contribution >= 4 is 32.1 Å². The van der Waals surface area contributed by atoms with Crippen LogP contribution < -0.4 is 9.96 Å². The molecule has 1 aromatic carbocycles. The number of amides is 1. The number of carbonyl (C=O) groups is 1. The maximum absolute atomic E-state index is 13.2. The number of alkyl halides is 3. The highest BCUT2D eigenvalue weighted by Gasteiger charge is 2.43. The van der Waals surface area contributed by atoms with Crippen LogP contribution in [-0.2, 0) is 24.8 Å². The SMILES string of the molecule is O=C[NH+]([O-])C(CS(=O)(=O)N1CCN(c2ccc(F)cc2)CC1)C1CCCN(S(=O)(=O)CC(F)(F)F)C1. The Hall–Kier alpha value is -1.85. The summed E-state index contributed by atoms with van der Waals surface area (Å²) in [5, 5.41) is 11.3. The first-order valence-corrected chi connectivity index (χ1v) is 14.5. The lowest BCUT2D eigenvalue weighted by Gasteiger charge is -2.40. The number of nitrogens with one attached hydrogen (secondary N) is 1. The van der Waals surface area contributed by atoms with E-state index in [1.54, 1.807) is 12.1 Å². The molecule has 16 heteroatoms. The van der Waals surface area contributed by atoms with Crippen LogP contribution in [0.4, 0.5) is 23.2 Å². The summed E-state index contributed by atoms with van der Waals surface area (Å²) in [6.45, 7) is 0.0660. The number of nitrogens with zero attached hydrogens (tertiary/aromatic N) is 3. The predicted octanol–water partition coefficient (Wildman–Crippen LogP) is -0.211. The van der Waals surface area contributed by atoms with E-state index in [1.807, 2.05) is 4.90 Å². The summed E-state index contributed by atoms with van der Waals surface area (Å²) in [4.78, 5) is 13.1. The first-order valence-electron chi connectivity index (χ1n) is 11.2. The number of quaternary nitrogens is 1. The van der Waals surface area contributed by atoms with Gasteiger partial charge in [0, 0.05) is 50.9 Å². The summed E-state index contributed by atoms with van der Waals surface area (Å²) in [5.41, 5.74) is 0.713. The summed E-state index contributed by atoms with van der Waals surface area (Å²) >= 11 is 0. The molecule has 0 radical (unpaired) electrons. The van der Waals surface area contributed by atoms with Gasteiger partial charge in [-0.1, -0.05) is 0 Å². The van der Waals surface area contributed by atoms with Crippen molar-refractivity contribution in [2.45, 2.75) is 25.1 Å². The van der Waals surface area contributed by atoms with Gasteiger partial charge in [-0.25, -0.2) is 30.3 Å². The van der Waals surface area contributed by atoms with E-state index in [-0.39, 0.29) is 38.9 Å². The molecule has 1 N–H and O–H groups in total. The Balaban J connectivity index is 1.69. The number of hydrogen-bond donors (Lipinski definition) is 1. The normalized spacial score (nSPS) is 22.8. The van der Waals surface area contributed by atoms with Crippen LogP contribution in [0.2, 0.25) is 0 Å². The third-order valence-corrected chi connectivity index (χ3v) is 10.2. The molecule has 0 spiro atoms. The van der Waals surface area contributed by atoms with Crippen LogP contribution >= 0.6 is 0 Å². The standard InChI is InChI=1S/C20H28F4N4O6S2/c21-17-3-5-18(6-4-17)25-8-10-26(11-9-25)35(31,32)13-19(28(30)15-29)16-2-1-7-27(12-16)36(33,34)14-20(22,23)24/h3-6,15-16,19,28H,1-2,7-14H2. The molecule has 3 rings (SSSR count). The lowest BCUT2D eigenvalue weighted by molar-refractivity contribution is -0.787. The van der Waals surface area contributed by atoms with E-state index in [1.165, 1.54) is 16.4 Å². The number of piperidine rings is 1. The first kappa shape index (κ1) is 28.7. The highest BCUT2D eigenvalue weighted by Crippen LogP contribution is 2.26. The molecule has 1 aromatic rings. The number of rotatable bonds is 9. The van der Waals surface area contributed by atoms with E-state index in [2.05, 4.69) is 0 Å². The van der Waals surface area contributed by atoms with Crippen molar-refractivity contribution < 1.29 is 44.3 Å². The smallest absolute Gasteiger partial charge is 0.404 e. The van der Waals surface area contributed by atoms with Gasteiger partial charge in [-0.2, -0.15) is 17.5 Å². The molecule has 3 unspecified atom stereocenters. The van der Waals surface area contributed by atoms with Crippen molar-refractivity contribution in [2.24, 2.45) is 5.92 Å². The third kappa shape index (κ3) is 7.35. The number of sulfonamides is 2. The zero-order valence-electron chi connectivity index (χ0n) is 19.2. The minimum absolute atomic E-state index is 0.0319. The number of hydroxylamine groups is 2. The number of benzene rings is 1. The Kier molecular flexibility index (Phi) is 8.99. The van der Waals surface area contributed by atoms with Crippen LogP contribution in [0.1, 0.15) is 12.8 Å². The van der Waals surface area contributed by atoms with E-state index >= 15 is 0 Å². The van der Waals surface area contributed by atoms with Gasteiger partial charge in [0.05, 0.1) is 0 Å². The Bertz CT molecular complexity index is 1110. The fourth-order valence-corrected chi connectivity index (χ4v) is 7.84. The van der Waals surface area contributed by atoms with Crippen molar-refractivity contribution in [3.05, 3.63) is 35.3 Å². The molecule has 0 bridgehead atoms. The number of hydrogen-bond acceptors (Lipinski definition) is 7. The summed E-state index contributed by atoms with van der Waals surface area (Å²) in [5.74, 6) is -4.14. The molecule has 2 fully saturated rings. The van der Waals surface area contributed by atoms with Crippen molar-refractivity contribution in [2.75, 3.05) is 55.7 Å². The van der Waals surface area contributed by atoms with Gasteiger partial charge in [0.2, 0.25) is 20.0 Å². The lowest BCUT2D eigenvalue weighted by atomic mass is 9.92. The average molecular weight is 561 g/mol. The van der Waals surface area contributed by atoms with Crippen molar-refractivity contribution in [1.29, 1.82) is 0 Å². The molecule has 2 aliphatic heterocycles. The molecular weight excluding hydrogens is 532 g/mol. The molecule has 36 heavy (non-hydrogen) atoms. The quantitative estimate of drug-likeness (QED) is 0.252. The van der Waals surface area contributed by atoms with Gasteiger partial charge < -0.3 is 15.2 Å². The molecular formula is C20H28F4N4O6S2. The zero-order valence-corrected chi connectivity index (χ0v) is 20.9. The van der Waals surface area contributed by atoms with Gasteiger partial charge in [-0.3, -0.25) is 0 Å². The molecule has 0 aliphatic carbocycles. The summed E-state index contributed by atoms with van der Waals surface area (Å²) in [7, 11) is -8.78. The average Bonchev–Trinajstić information content (AvgIpc) is 2.81. The molecule has 10 nitrogen and oxygen atoms in total. The largest absolute Gasteiger partial charge is 0.627 e. The van der Waals surface area contributed by atoms with Crippen LogP contribution in [0, 0.1) is 16.9 Å². The Labute approximate surface area is 207 Å². The van der Waals surface area contributed by atoms with Gasteiger partial charge in [-0.05, 0) is 37.1 Å². The topological polar surface area (TPSA) is 123 Å².